The Balaban J connectivity index is 2.00. The van der Waals surface area contributed by atoms with Gasteiger partial charge in [-0.05, 0) is 50.0 Å². The summed E-state index contributed by atoms with van der Waals surface area (Å²) in [6.45, 7) is 10.4. The maximum atomic E-state index is 6.18. The fourth-order valence-electron chi connectivity index (χ4n) is 3.91. The van der Waals surface area contributed by atoms with Gasteiger partial charge in [0, 0.05) is 25.7 Å². The van der Waals surface area contributed by atoms with Crippen LogP contribution in [0.15, 0.2) is 0 Å². The Hall–Kier alpha value is -0.120. The molecule has 0 spiro atoms. The van der Waals surface area contributed by atoms with Gasteiger partial charge >= 0.3 is 0 Å². The highest BCUT2D eigenvalue weighted by molar-refractivity contribution is 5.00. The van der Waals surface area contributed by atoms with E-state index in [1.54, 1.807) is 0 Å². The van der Waals surface area contributed by atoms with Crippen molar-refractivity contribution in [2.24, 2.45) is 17.1 Å². The molecular weight excluding hydrogens is 236 g/mol. The average molecular weight is 268 g/mol. The number of ether oxygens (including phenoxy) is 1. The second-order valence-electron chi connectivity index (χ2n) is 7.66. The van der Waals surface area contributed by atoms with Crippen molar-refractivity contribution in [3.05, 3.63) is 0 Å². The smallest absolute Gasteiger partial charge is 0.0572 e. The van der Waals surface area contributed by atoms with Crippen LogP contribution in [0.25, 0.3) is 0 Å². The van der Waals surface area contributed by atoms with Gasteiger partial charge in [0.1, 0.15) is 0 Å². The summed E-state index contributed by atoms with van der Waals surface area (Å²) in [5.41, 5.74) is 6.86. The summed E-state index contributed by atoms with van der Waals surface area (Å²) in [5.74, 6) is 0.816. The Morgan fingerprint density at radius 2 is 1.84 bits per heavy atom. The molecule has 3 nitrogen and oxygen atoms in total. The lowest BCUT2D eigenvalue weighted by Crippen LogP contribution is -2.55. The van der Waals surface area contributed by atoms with Gasteiger partial charge in [0.05, 0.1) is 6.10 Å². The minimum atomic E-state index is 0.259. The number of nitrogens with zero attached hydrogens (tertiary/aromatic N) is 1. The summed E-state index contributed by atoms with van der Waals surface area (Å²) >= 11 is 0. The Labute approximate surface area is 118 Å². The Kier molecular flexibility index (Phi) is 4.59. The third-order valence-corrected chi connectivity index (χ3v) is 5.66. The molecule has 1 heterocycles. The second-order valence-corrected chi connectivity index (χ2v) is 7.66. The molecule has 112 valence electrons. The van der Waals surface area contributed by atoms with Gasteiger partial charge in [0.2, 0.25) is 0 Å². The third kappa shape index (κ3) is 3.14. The van der Waals surface area contributed by atoms with Gasteiger partial charge in [0.25, 0.3) is 0 Å². The zero-order valence-corrected chi connectivity index (χ0v) is 13.2. The van der Waals surface area contributed by atoms with Crippen LogP contribution < -0.4 is 5.73 Å². The Morgan fingerprint density at radius 3 is 2.26 bits per heavy atom. The highest BCUT2D eigenvalue weighted by Gasteiger charge is 2.44. The summed E-state index contributed by atoms with van der Waals surface area (Å²) in [4.78, 5) is 2.70. The lowest BCUT2D eigenvalue weighted by Gasteiger charge is -2.46. The van der Waals surface area contributed by atoms with E-state index in [2.05, 4.69) is 25.7 Å². The summed E-state index contributed by atoms with van der Waals surface area (Å²) in [6.07, 6.45) is 6.55. The molecule has 0 aromatic rings. The first-order valence-corrected chi connectivity index (χ1v) is 7.89. The average Bonchev–Trinajstić information content (AvgIpc) is 2.89. The van der Waals surface area contributed by atoms with E-state index < -0.39 is 0 Å². The first kappa shape index (κ1) is 15.3. The van der Waals surface area contributed by atoms with Gasteiger partial charge < -0.3 is 10.5 Å². The maximum Gasteiger partial charge on any atom is 0.0572 e. The molecule has 1 atom stereocenters. The van der Waals surface area contributed by atoms with Gasteiger partial charge in [-0.1, -0.05) is 20.8 Å². The number of hydrogen-bond acceptors (Lipinski definition) is 3. The normalized spacial score (nSPS) is 37.7. The SMILES string of the molecule is COC1CCC(CN)(N2CCC(C(C)(C)C)C2)CC1. The largest absolute Gasteiger partial charge is 0.381 e. The van der Waals surface area contributed by atoms with Crippen LogP contribution >= 0.6 is 0 Å². The van der Waals surface area contributed by atoms with Crippen molar-refractivity contribution < 1.29 is 4.74 Å². The van der Waals surface area contributed by atoms with E-state index in [0.717, 1.165) is 12.5 Å². The molecule has 1 aliphatic heterocycles. The van der Waals surface area contributed by atoms with Gasteiger partial charge in [-0.2, -0.15) is 0 Å². The van der Waals surface area contributed by atoms with E-state index in [1.807, 2.05) is 7.11 Å². The van der Waals surface area contributed by atoms with Crippen molar-refractivity contribution in [2.45, 2.75) is 64.5 Å². The lowest BCUT2D eigenvalue weighted by molar-refractivity contribution is -0.000846. The molecule has 19 heavy (non-hydrogen) atoms. The number of likely N-dealkylation sites (tertiary alicyclic amines) is 1. The first-order valence-electron chi connectivity index (χ1n) is 7.89. The summed E-state index contributed by atoms with van der Waals surface area (Å²) in [7, 11) is 1.84. The van der Waals surface area contributed by atoms with E-state index >= 15 is 0 Å². The van der Waals surface area contributed by atoms with Crippen LogP contribution in [0.1, 0.15) is 52.9 Å². The fourth-order valence-corrected chi connectivity index (χ4v) is 3.91. The van der Waals surface area contributed by atoms with E-state index in [9.17, 15) is 0 Å². The molecule has 1 saturated heterocycles. The minimum absolute atomic E-state index is 0.259. The van der Waals surface area contributed by atoms with Crippen LogP contribution in [0.3, 0.4) is 0 Å². The van der Waals surface area contributed by atoms with Crippen molar-refractivity contribution in [2.75, 3.05) is 26.7 Å². The zero-order chi connectivity index (χ0) is 14.1. The standard InChI is InChI=1S/C16H32N2O/c1-15(2,3)13-7-10-18(11-13)16(12-17)8-5-14(19-4)6-9-16/h13-14H,5-12,17H2,1-4H3. The molecule has 2 fully saturated rings. The first-order chi connectivity index (χ1) is 8.91. The van der Waals surface area contributed by atoms with Crippen molar-refractivity contribution in [1.82, 2.24) is 4.90 Å². The monoisotopic (exact) mass is 268 g/mol. The highest BCUT2D eigenvalue weighted by Crippen LogP contribution is 2.41. The number of rotatable bonds is 3. The second kappa shape index (κ2) is 5.71. The summed E-state index contributed by atoms with van der Waals surface area (Å²) in [6, 6.07) is 0. The molecular formula is C16H32N2O. The quantitative estimate of drug-likeness (QED) is 0.855. The van der Waals surface area contributed by atoms with E-state index in [1.165, 1.54) is 45.2 Å². The molecule has 1 saturated carbocycles. The summed E-state index contributed by atoms with van der Waals surface area (Å²) < 4.78 is 5.51. The van der Waals surface area contributed by atoms with Crippen molar-refractivity contribution in [1.29, 1.82) is 0 Å². The van der Waals surface area contributed by atoms with Crippen LogP contribution in [0, 0.1) is 11.3 Å². The molecule has 0 bridgehead atoms. The highest BCUT2D eigenvalue weighted by atomic mass is 16.5. The maximum absolute atomic E-state index is 6.18. The predicted molar refractivity (Wildman–Crippen MR) is 80.2 cm³/mol. The molecule has 2 rings (SSSR count). The summed E-state index contributed by atoms with van der Waals surface area (Å²) in [5, 5.41) is 0. The molecule has 2 aliphatic rings. The van der Waals surface area contributed by atoms with Crippen molar-refractivity contribution in [3.63, 3.8) is 0 Å². The van der Waals surface area contributed by atoms with Crippen LogP contribution in [-0.2, 0) is 4.74 Å². The molecule has 0 aromatic carbocycles. The molecule has 0 aromatic heterocycles. The molecule has 2 N–H and O–H groups in total. The molecule has 1 unspecified atom stereocenters. The van der Waals surface area contributed by atoms with Gasteiger partial charge in [-0.25, -0.2) is 0 Å². The number of methoxy groups -OCH3 is 1. The van der Waals surface area contributed by atoms with E-state index in [4.69, 9.17) is 10.5 Å². The van der Waals surface area contributed by atoms with Crippen LogP contribution in [0.2, 0.25) is 0 Å². The molecule has 0 amide bonds. The molecule has 1 aliphatic carbocycles. The zero-order valence-electron chi connectivity index (χ0n) is 13.2. The number of nitrogens with two attached hydrogens (primary N) is 1. The third-order valence-electron chi connectivity index (χ3n) is 5.66. The van der Waals surface area contributed by atoms with Crippen LogP contribution in [0.4, 0.5) is 0 Å². The van der Waals surface area contributed by atoms with Crippen LogP contribution in [-0.4, -0.2) is 43.3 Å². The Bertz CT molecular complexity index is 290. The van der Waals surface area contributed by atoms with Crippen LogP contribution in [0.5, 0.6) is 0 Å². The molecule has 0 radical (unpaired) electrons. The minimum Gasteiger partial charge on any atom is -0.381 e. The topological polar surface area (TPSA) is 38.5 Å². The van der Waals surface area contributed by atoms with Gasteiger partial charge in [-0.3, -0.25) is 4.90 Å². The van der Waals surface area contributed by atoms with E-state index in [0.29, 0.717) is 11.5 Å². The Morgan fingerprint density at radius 1 is 1.21 bits per heavy atom. The fraction of sp³-hybridized carbons (Fsp3) is 1.00. The van der Waals surface area contributed by atoms with Crippen molar-refractivity contribution in [3.8, 4) is 0 Å². The van der Waals surface area contributed by atoms with Gasteiger partial charge in [0.15, 0.2) is 0 Å². The van der Waals surface area contributed by atoms with E-state index in [-0.39, 0.29) is 5.54 Å². The molecule has 3 heteroatoms. The number of hydrogen-bond donors (Lipinski definition) is 1. The van der Waals surface area contributed by atoms with Gasteiger partial charge in [-0.15, -0.1) is 0 Å². The van der Waals surface area contributed by atoms with Crippen molar-refractivity contribution >= 4 is 0 Å². The predicted octanol–water partition coefficient (Wildman–Crippen LogP) is 2.64. The lowest BCUT2D eigenvalue weighted by atomic mass is 9.78.